The van der Waals surface area contributed by atoms with Crippen LogP contribution in [0.5, 0.6) is 0 Å². The third kappa shape index (κ3) is 4.96. The van der Waals surface area contributed by atoms with Gasteiger partial charge in [-0.15, -0.1) is 0 Å². The molecule has 0 spiro atoms. The number of amides is 2. The summed E-state index contributed by atoms with van der Waals surface area (Å²) < 4.78 is 45.0. The second kappa shape index (κ2) is 9.59. The van der Waals surface area contributed by atoms with E-state index in [4.69, 9.17) is 9.84 Å². The van der Waals surface area contributed by atoms with Gasteiger partial charge in [-0.25, -0.2) is 4.79 Å². The summed E-state index contributed by atoms with van der Waals surface area (Å²) >= 11 is 0. The van der Waals surface area contributed by atoms with Gasteiger partial charge in [0, 0.05) is 25.6 Å². The maximum absolute atomic E-state index is 13.2. The summed E-state index contributed by atoms with van der Waals surface area (Å²) in [6.07, 6.45) is -5.47. The number of halogens is 3. The van der Waals surface area contributed by atoms with Crippen molar-refractivity contribution in [2.75, 3.05) is 26.2 Å². The lowest BCUT2D eigenvalue weighted by Gasteiger charge is -2.22. The predicted molar refractivity (Wildman–Crippen MR) is 119 cm³/mol. The number of carboxylic acids is 1. The van der Waals surface area contributed by atoms with E-state index in [1.165, 1.54) is 6.92 Å². The van der Waals surface area contributed by atoms with Crippen LogP contribution >= 0.6 is 0 Å². The molecule has 4 rings (SSSR count). The molecule has 2 aliphatic rings. The van der Waals surface area contributed by atoms with E-state index in [-0.39, 0.29) is 19.1 Å². The zero-order valence-electron chi connectivity index (χ0n) is 18.9. The van der Waals surface area contributed by atoms with Gasteiger partial charge < -0.3 is 20.1 Å². The summed E-state index contributed by atoms with van der Waals surface area (Å²) in [5.74, 6) is -7.05. The van der Waals surface area contributed by atoms with Crippen molar-refractivity contribution < 1.29 is 37.4 Å². The van der Waals surface area contributed by atoms with E-state index < -0.39 is 55.0 Å². The summed E-state index contributed by atoms with van der Waals surface area (Å²) in [5, 5.41) is 11.6. The number of nitrogens with one attached hydrogen (secondary N) is 1. The fraction of sp³-hybridized carbons (Fsp3) is 0.400. The van der Waals surface area contributed by atoms with Gasteiger partial charge in [0.2, 0.25) is 5.91 Å². The minimum Gasteiger partial charge on any atom is -0.481 e. The number of rotatable bonds is 6. The molecule has 3 atom stereocenters. The molecular weight excluding hydrogens is 465 g/mol. The number of carboxylic acid groups (broad SMARTS) is 1. The first-order valence-corrected chi connectivity index (χ1v) is 11.2. The van der Waals surface area contributed by atoms with Crippen molar-refractivity contribution in [3.63, 3.8) is 0 Å². The SMILES string of the molecule is CC(CNC(=O)OCC1c2ccccc2-c2ccccc21)C(=O)N1C[C@H](C(=O)O)[C@@H](C(F)(F)F)C1. The van der Waals surface area contributed by atoms with E-state index in [9.17, 15) is 27.6 Å². The van der Waals surface area contributed by atoms with Crippen LogP contribution in [0, 0.1) is 17.8 Å². The fourth-order valence-electron chi connectivity index (χ4n) is 4.85. The Bertz CT molecular complexity index is 1090. The normalized spacial score (nSPS) is 20.2. The molecule has 10 heteroatoms. The lowest BCUT2D eigenvalue weighted by Crippen LogP contribution is -2.40. The van der Waals surface area contributed by atoms with Gasteiger partial charge in [-0.3, -0.25) is 9.59 Å². The monoisotopic (exact) mass is 490 g/mol. The van der Waals surface area contributed by atoms with Gasteiger partial charge in [-0.1, -0.05) is 55.5 Å². The third-order valence-corrected chi connectivity index (χ3v) is 6.69. The number of alkyl halides is 3. The largest absolute Gasteiger partial charge is 0.481 e. The smallest absolute Gasteiger partial charge is 0.407 e. The van der Waals surface area contributed by atoms with Crippen molar-refractivity contribution in [1.29, 1.82) is 0 Å². The Labute approximate surface area is 199 Å². The molecular formula is C25H25F3N2O5. The number of benzene rings is 2. The van der Waals surface area contributed by atoms with Crippen LogP contribution < -0.4 is 5.32 Å². The van der Waals surface area contributed by atoms with Gasteiger partial charge in [-0.05, 0) is 22.3 Å². The Balaban J connectivity index is 1.31. The second-order valence-electron chi connectivity index (χ2n) is 8.94. The minimum absolute atomic E-state index is 0.0852. The molecule has 2 N–H and O–H groups in total. The predicted octanol–water partition coefficient (Wildman–Crippen LogP) is 3.88. The minimum atomic E-state index is -4.72. The maximum Gasteiger partial charge on any atom is 0.407 e. The summed E-state index contributed by atoms with van der Waals surface area (Å²) in [6.45, 7) is 0.160. The van der Waals surface area contributed by atoms with E-state index in [1.54, 1.807) is 0 Å². The van der Waals surface area contributed by atoms with E-state index in [2.05, 4.69) is 5.32 Å². The summed E-state index contributed by atoms with van der Waals surface area (Å²) in [7, 11) is 0. The molecule has 2 aromatic rings. The first-order chi connectivity index (χ1) is 16.6. The topological polar surface area (TPSA) is 95.9 Å². The van der Waals surface area contributed by atoms with Crippen molar-refractivity contribution in [2.45, 2.75) is 19.0 Å². The van der Waals surface area contributed by atoms with E-state index in [1.807, 2.05) is 48.5 Å². The highest BCUT2D eigenvalue weighted by Gasteiger charge is 2.53. The first-order valence-electron chi connectivity index (χ1n) is 11.2. The Hall–Kier alpha value is -3.56. The van der Waals surface area contributed by atoms with Crippen LogP contribution in [0.2, 0.25) is 0 Å². The molecule has 0 bridgehead atoms. The molecule has 1 unspecified atom stereocenters. The molecule has 2 aromatic carbocycles. The van der Waals surface area contributed by atoms with E-state index >= 15 is 0 Å². The molecule has 0 saturated carbocycles. The molecule has 0 radical (unpaired) electrons. The van der Waals surface area contributed by atoms with Crippen molar-refractivity contribution in [1.82, 2.24) is 10.2 Å². The summed E-state index contributed by atoms with van der Waals surface area (Å²) in [4.78, 5) is 37.1. The number of alkyl carbamates (subject to hydrolysis) is 1. The zero-order chi connectivity index (χ0) is 25.3. The van der Waals surface area contributed by atoms with Gasteiger partial charge >= 0.3 is 18.2 Å². The maximum atomic E-state index is 13.2. The number of hydrogen-bond acceptors (Lipinski definition) is 4. The summed E-state index contributed by atoms with van der Waals surface area (Å²) in [6, 6.07) is 15.7. The van der Waals surface area contributed by atoms with Crippen LogP contribution in [-0.4, -0.2) is 60.4 Å². The highest BCUT2D eigenvalue weighted by atomic mass is 19.4. The number of fused-ring (bicyclic) bond motifs is 3. The summed E-state index contributed by atoms with van der Waals surface area (Å²) in [5.41, 5.74) is 4.26. The Morgan fingerprint density at radius 2 is 1.63 bits per heavy atom. The molecule has 1 aliphatic heterocycles. The van der Waals surface area contributed by atoms with Gasteiger partial charge in [-0.2, -0.15) is 13.2 Å². The van der Waals surface area contributed by atoms with Crippen LogP contribution in [0.1, 0.15) is 24.0 Å². The van der Waals surface area contributed by atoms with Gasteiger partial charge in [0.05, 0.1) is 17.8 Å². The molecule has 1 aliphatic carbocycles. The second-order valence-corrected chi connectivity index (χ2v) is 8.94. The number of likely N-dealkylation sites (tertiary alicyclic amines) is 1. The number of carbonyl (C=O) groups excluding carboxylic acids is 2. The standard InChI is InChI=1S/C25H25F3N2O5/c1-14(22(31)30-11-19(23(32)33)21(12-30)25(26,27)28)10-29-24(34)35-13-20-17-8-4-2-6-15(17)16-7-3-5-9-18(16)20/h2-9,14,19-21H,10-13H2,1H3,(H,29,34)(H,32,33)/t14?,19-,21-/m0/s1. The van der Waals surface area contributed by atoms with Crippen LogP contribution in [0.3, 0.4) is 0 Å². The van der Waals surface area contributed by atoms with Gasteiger partial charge in [0.1, 0.15) is 6.61 Å². The highest BCUT2D eigenvalue weighted by molar-refractivity contribution is 5.82. The van der Waals surface area contributed by atoms with Crippen molar-refractivity contribution in [3.05, 3.63) is 59.7 Å². The quantitative estimate of drug-likeness (QED) is 0.641. The highest BCUT2D eigenvalue weighted by Crippen LogP contribution is 2.44. The third-order valence-electron chi connectivity index (χ3n) is 6.69. The van der Waals surface area contributed by atoms with Crippen LogP contribution in [0.15, 0.2) is 48.5 Å². The molecule has 2 amide bonds. The molecule has 0 aromatic heterocycles. The first kappa shape index (κ1) is 24.6. The fourth-order valence-corrected chi connectivity index (χ4v) is 4.85. The van der Waals surface area contributed by atoms with Gasteiger partial charge in [0.25, 0.3) is 0 Å². The van der Waals surface area contributed by atoms with Crippen molar-refractivity contribution in [2.24, 2.45) is 17.8 Å². The number of ether oxygens (including phenoxy) is 1. The number of aliphatic carboxylic acids is 1. The lowest BCUT2D eigenvalue weighted by atomic mass is 9.96. The molecule has 1 heterocycles. The molecule has 1 saturated heterocycles. The van der Waals surface area contributed by atoms with E-state index in [0.29, 0.717) is 0 Å². The molecule has 186 valence electrons. The Morgan fingerprint density at radius 3 is 2.14 bits per heavy atom. The lowest BCUT2D eigenvalue weighted by molar-refractivity contribution is -0.188. The van der Waals surface area contributed by atoms with Gasteiger partial charge in [0.15, 0.2) is 0 Å². The Kier molecular flexibility index (Phi) is 6.73. The number of carbonyl (C=O) groups is 3. The van der Waals surface area contributed by atoms with Crippen molar-refractivity contribution in [3.8, 4) is 11.1 Å². The van der Waals surface area contributed by atoms with Crippen LogP contribution in [0.4, 0.5) is 18.0 Å². The van der Waals surface area contributed by atoms with E-state index in [0.717, 1.165) is 27.2 Å². The number of nitrogens with zero attached hydrogens (tertiary/aromatic N) is 1. The van der Waals surface area contributed by atoms with Crippen LogP contribution in [-0.2, 0) is 14.3 Å². The number of hydrogen-bond donors (Lipinski definition) is 2. The molecule has 7 nitrogen and oxygen atoms in total. The van der Waals surface area contributed by atoms with Crippen LogP contribution in [0.25, 0.3) is 11.1 Å². The average molecular weight is 490 g/mol. The van der Waals surface area contributed by atoms with Crippen molar-refractivity contribution >= 4 is 18.0 Å². The zero-order valence-corrected chi connectivity index (χ0v) is 18.9. The Morgan fingerprint density at radius 1 is 1.06 bits per heavy atom. The molecule has 35 heavy (non-hydrogen) atoms. The average Bonchev–Trinajstić information content (AvgIpc) is 3.41. The molecule has 1 fully saturated rings.